The van der Waals surface area contributed by atoms with Gasteiger partial charge in [-0.05, 0) is 57.8 Å². The lowest BCUT2D eigenvalue weighted by Crippen LogP contribution is -2.39. The summed E-state index contributed by atoms with van der Waals surface area (Å²) < 4.78 is 26.4. The Balaban J connectivity index is 2.33. The zero-order valence-electron chi connectivity index (χ0n) is 9.95. The van der Waals surface area contributed by atoms with Crippen LogP contribution in [-0.2, 0) is 9.84 Å². The Bertz CT molecular complexity index is 508. The van der Waals surface area contributed by atoms with E-state index in [0.29, 0.717) is 5.75 Å². The first-order valence-corrected chi connectivity index (χ1v) is 9.91. The van der Waals surface area contributed by atoms with Crippen molar-refractivity contribution in [2.45, 2.75) is 30.6 Å². The summed E-state index contributed by atoms with van der Waals surface area (Å²) in [6, 6.07) is 1.89. The average Bonchev–Trinajstić information content (AvgIpc) is 2.62. The standard InChI is InChI=1S/C11H15Br2NO2S2/c1-14-10(8-6-7(12)11(13)17-8)9-4-2-3-5-18(9,15)16/h6,9-10,14H,2-5H2,1H3. The number of hydrogen-bond donors (Lipinski definition) is 1. The minimum atomic E-state index is -2.97. The second kappa shape index (κ2) is 5.91. The smallest absolute Gasteiger partial charge is 0.155 e. The molecule has 3 nitrogen and oxygen atoms in total. The van der Waals surface area contributed by atoms with E-state index in [1.54, 1.807) is 11.3 Å². The monoisotopic (exact) mass is 415 g/mol. The van der Waals surface area contributed by atoms with Crippen LogP contribution in [0.2, 0.25) is 0 Å². The van der Waals surface area contributed by atoms with E-state index in [9.17, 15) is 8.42 Å². The first kappa shape index (κ1) is 15.0. The van der Waals surface area contributed by atoms with Gasteiger partial charge in [0.2, 0.25) is 0 Å². The predicted molar refractivity (Wildman–Crippen MR) is 82.9 cm³/mol. The third-order valence-corrected chi connectivity index (χ3v) is 8.91. The SMILES string of the molecule is CNC(c1cc(Br)c(Br)s1)C1CCCCS1(=O)=O. The number of nitrogens with one attached hydrogen (secondary N) is 1. The van der Waals surface area contributed by atoms with Crippen molar-refractivity contribution < 1.29 is 8.42 Å². The largest absolute Gasteiger partial charge is 0.311 e. The molecule has 102 valence electrons. The molecule has 1 fully saturated rings. The summed E-state index contributed by atoms with van der Waals surface area (Å²) in [6.07, 6.45) is 2.55. The van der Waals surface area contributed by atoms with Crippen molar-refractivity contribution in [1.29, 1.82) is 0 Å². The van der Waals surface area contributed by atoms with E-state index in [1.165, 1.54) is 0 Å². The first-order valence-electron chi connectivity index (χ1n) is 5.79. The molecule has 0 bridgehead atoms. The second-order valence-electron chi connectivity index (χ2n) is 4.44. The van der Waals surface area contributed by atoms with Crippen LogP contribution in [0.3, 0.4) is 0 Å². The minimum Gasteiger partial charge on any atom is -0.311 e. The van der Waals surface area contributed by atoms with Crippen LogP contribution in [0.5, 0.6) is 0 Å². The van der Waals surface area contributed by atoms with Crippen LogP contribution in [0, 0.1) is 0 Å². The molecule has 2 heterocycles. The van der Waals surface area contributed by atoms with Gasteiger partial charge in [0.15, 0.2) is 9.84 Å². The quantitative estimate of drug-likeness (QED) is 0.819. The van der Waals surface area contributed by atoms with Crippen molar-refractivity contribution in [1.82, 2.24) is 5.32 Å². The third-order valence-electron chi connectivity index (χ3n) is 3.28. The number of sulfone groups is 1. The summed E-state index contributed by atoms with van der Waals surface area (Å²) in [5.74, 6) is 0.323. The highest BCUT2D eigenvalue weighted by atomic mass is 79.9. The molecular weight excluding hydrogens is 402 g/mol. The van der Waals surface area contributed by atoms with Gasteiger partial charge in [-0.25, -0.2) is 8.42 Å². The van der Waals surface area contributed by atoms with Gasteiger partial charge in [0.25, 0.3) is 0 Å². The van der Waals surface area contributed by atoms with Crippen molar-refractivity contribution >= 4 is 53.0 Å². The Hall–Kier alpha value is 0.570. The fourth-order valence-corrected chi connectivity index (χ4v) is 6.87. The molecule has 2 atom stereocenters. The molecule has 1 aromatic heterocycles. The Kier molecular flexibility index (Phi) is 4.91. The van der Waals surface area contributed by atoms with Crippen molar-refractivity contribution in [2.75, 3.05) is 12.8 Å². The average molecular weight is 417 g/mol. The topological polar surface area (TPSA) is 46.2 Å². The Labute approximate surface area is 129 Å². The van der Waals surface area contributed by atoms with Crippen LogP contribution in [0.1, 0.15) is 30.2 Å². The fraction of sp³-hybridized carbons (Fsp3) is 0.636. The first-order chi connectivity index (χ1) is 8.45. The van der Waals surface area contributed by atoms with Crippen LogP contribution < -0.4 is 5.32 Å². The van der Waals surface area contributed by atoms with Gasteiger partial charge in [-0.1, -0.05) is 6.42 Å². The molecule has 18 heavy (non-hydrogen) atoms. The van der Waals surface area contributed by atoms with E-state index in [0.717, 1.165) is 32.4 Å². The molecule has 0 radical (unpaired) electrons. The Morgan fingerprint density at radius 2 is 2.17 bits per heavy atom. The lowest BCUT2D eigenvalue weighted by atomic mass is 10.1. The van der Waals surface area contributed by atoms with Gasteiger partial charge in [-0.3, -0.25) is 0 Å². The highest BCUT2D eigenvalue weighted by Gasteiger charge is 2.36. The van der Waals surface area contributed by atoms with Crippen LogP contribution >= 0.6 is 43.2 Å². The van der Waals surface area contributed by atoms with E-state index in [-0.39, 0.29) is 11.3 Å². The number of halogens is 2. The summed E-state index contributed by atoms with van der Waals surface area (Å²) >= 11 is 8.50. The maximum Gasteiger partial charge on any atom is 0.155 e. The molecule has 7 heteroatoms. The van der Waals surface area contributed by atoms with Gasteiger partial charge in [-0.2, -0.15) is 0 Å². The Morgan fingerprint density at radius 3 is 2.67 bits per heavy atom. The highest BCUT2D eigenvalue weighted by molar-refractivity contribution is 9.13. The molecule has 1 N–H and O–H groups in total. The van der Waals surface area contributed by atoms with Gasteiger partial charge in [0.05, 0.1) is 20.8 Å². The highest BCUT2D eigenvalue weighted by Crippen LogP contribution is 2.39. The van der Waals surface area contributed by atoms with Gasteiger partial charge < -0.3 is 5.32 Å². The molecule has 1 aliphatic heterocycles. The summed E-state index contributed by atoms with van der Waals surface area (Å²) in [5, 5.41) is 2.88. The van der Waals surface area contributed by atoms with Gasteiger partial charge in [0.1, 0.15) is 0 Å². The maximum absolute atomic E-state index is 12.2. The molecule has 2 unspecified atom stereocenters. The molecular formula is C11H15Br2NO2S2. The van der Waals surface area contributed by atoms with Crippen LogP contribution in [0.25, 0.3) is 0 Å². The van der Waals surface area contributed by atoms with E-state index in [4.69, 9.17) is 0 Å². The minimum absolute atomic E-state index is 0.108. The van der Waals surface area contributed by atoms with Gasteiger partial charge >= 0.3 is 0 Å². The number of thiophene rings is 1. The number of hydrogen-bond acceptors (Lipinski definition) is 4. The Morgan fingerprint density at radius 1 is 1.44 bits per heavy atom. The van der Waals surface area contributed by atoms with Crippen molar-refractivity contribution in [3.8, 4) is 0 Å². The molecule has 1 saturated heterocycles. The normalized spacial score (nSPS) is 24.9. The summed E-state index contributed by atoms with van der Waals surface area (Å²) in [7, 11) is -1.14. The molecule has 1 aromatic rings. The van der Waals surface area contributed by atoms with E-state index >= 15 is 0 Å². The zero-order chi connectivity index (χ0) is 13.3. The molecule has 2 rings (SSSR count). The van der Waals surface area contributed by atoms with Gasteiger partial charge in [0, 0.05) is 9.35 Å². The summed E-state index contributed by atoms with van der Waals surface area (Å²) in [6.45, 7) is 0. The van der Waals surface area contributed by atoms with E-state index in [2.05, 4.69) is 37.2 Å². The van der Waals surface area contributed by atoms with Gasteiger partial charge in [-0.15, -0.1) is 11.3 Å². The lowest BCUT2D eigenvalue weighted by molar-refractivity contribution is 0.473. The zero-order valence-corrected chi connectivity index (χ0v) is 14.8. The second-order valence-corrected chi connectivity index (χ2v) is 10.0. The fourth-order valence-electron chi connectivity index (χ4n) is 2.38. The molecule has 0 spiro atoms. The molecule has 0 aliphatic carbocycles. The van der Waals surface area contributed by atoms with Crippen LogP contribution in [0.4, 0.5) is 0 Å². The predicted octanol–water partition coefficient (Wildman–Crippen LogP) is 3.50. The molecule has 1 aliphatic rings. The lowest BCUT2D eigenvalue weighted by Gasteiger charge is -2.29. The molecule has 0 saturated carbocycles. The molecule has 0 aromatic carbocycles. The summed E-state index contributed by atoms with van der Waals surface area (Å²) in [5.41, 5.74) is 0. The van der Waals surface area contributed by atoms with Crippen molar-refractivity contribution in [2.24, 2.45) is 0 Å². The van der Waals surface area contributed by atoms with Crippen LogP contribution in [0.15, 0.2) is 14.3 Å². The number of rotatable bonds is 3. The molecule has 0 amide bonds. The van der Waals surface area contributed by atoms with E-state index < -0.39 is 9.84 Å². The summed E-state index contributed by atoms with van der Waals surface area (Å²) in [4.78, 5) is 1.06. The van der Waals surface area contributed by atoms with Crippen molar-refractivity contribution in [3.05, 3.63) is 19.2 Å². The van der Waals surface area contributed by atoms with E-state index in [1.807, 2.05) is 13.1 Å². The van der Waals surface area contributed by atoms with Crippen LogP contribution in [-0.4, -0.2) is 26.5 Å². The van der Waals surface area contributed by atoms with Crippen molar-refractivity contribution in [3.63, 3.8) is 0 Å². The maximum atomic E-state index is 12.2. The third kappa shape index (κ3) is 3.00.